The number of benzene rings is 2. The first-order valence-corrected chi connectivity index (χ1v) is 6.41. The summed E-state index contributed by atoms with van der Waals surface area (Å²) in [7, 11) is 0. The highest BCUT2D eigenvalue weighted by atomic mass is 32.2. The largest absolute Gasteiger partial charge is 0.257 e. The Balaban J connectivity index is 1.95. The van der Waals surface area contributed by atoms with Gasteiger partial charge in [0, 0.05) is 9.79 Å². The Bertz CT molecular complexity index is 650. The van der Waals surface area contributed by atoms with Crippen molar-refractivity contribution in [2.45, 2.75) is 22.9 Å². The summed E-state index contributed by atoms with van der Waals surface area (Å²) in [6.45, 7) is 2.00. The van der Waals surface area contributed by atoms with Crippen molar-refractivity contribution in [3.8, 4) is 0 Å². The minimum absolute atomic E-state index is 0.0713. The predicted octanol–water partition coefficient (Wildman–Crippen LogP) is 2.44. The van der Waals surface area contributed by atoms with Crippen molar-refractivity contribution in [1.82, 2.24) is 0 Å². The van der Waals surface area contributed by atoms with Gasteiger partial charge in [-0.25, -0.2) is 0 Å². The second kappa shape index (κ2) is 4.34. The van der Waals surface area contributed by atoms with Crippen LogP contribution in [0.3, 0.4) is 0 Å². The van der Waals surface area contributed by atoms with Gasteiger partial charge in [0.25, 0.3) is 0 Å². The summed E-state index contributed by atoms with van der Waals surface area (Å²) >= 11 is 1.75. The maximum atomic E-state index is 4.47. The molecule has 0 aromatic heterocycles. The van der Waals surface area contributed by atoms with Gasteiger partial charge in [-0.15, -0.1) is 0 Å². The fourth-order valence-corrected chi connectivity index (χ4v) is 2.71. The van der Waals surface area contributed by atoms with E-state index in [-0.39, 0.29) is 6.17 Å². The standard InChI is InChI=1S/C14H12N2S/c1-10-15-13-8-7-12(9-14(13)16-10)17-11-5-3-2-4-6-11/h2-10H,1H3. The van der Waals surface area contributed by atoms with Gasteiger partial charge in [0.2, 0.25) is 0 Å². The molecule has 0 aliphatic carbocycles. The summed E-state index contributed by atoms with van der Waals surface area (Å²) in [6, 6.07) is 16.6. The van der Waals surface area contributed by atoms with Crippen molar-refractivity contribution in [1.29, 1.82) is 0 Å². The lowest BCUT2D eigenvalue weighted by Crippen LogP contribution is -2.20. The highest BCUT2D eigenvalue weighted by Crippen LogP contribution is 2.25. The van der Waals surface area contributed by atoms with Crippen molar-refractivity contribution in [3.05, 3.63) is 59.2 Å². The first-order chi connectivity index (χ1) is 8.31. The first-order valence-electron chi connectivity index (χ1n) is 5.60. The van der Waals surface area contributed by atoms with Crippen molar-refractivity contribution in [2.24, 2.45) is 9.98 Å². The maximum absolute atomic E-state index is 4.47. The second-order valence-corrected chi connectivity index (χ2v) is 5.10. The summed E-state index contributed by atoms with van der Waals surface area (Å²) in [6.07, 6.45) is 0.0713. The van der Waals surface area contributed by atoms with Gasteiger partial charge in [0.05, 0.1) is 10.7 Å². The summed E-state index contributed by atoms with van der Waals surface area (Å²) in [4.78, 5) is 11.4. The Hall–Kier alpha value is -1.61. The maximum Gasteiger partial charge on any atom is 0.138 e. The zero-order valence-electron chi connectivity index (χ0n) is 9.50. The highest BCUT2D eigenvalue weighted by Gasteiger charge is 2.05. The summed E-state index contributed by atoms with van der Waals surface area (Å²) in [5.74, 6) is 0. The normalized spacial score (nSPS) is 17.1. The number of hydrogen-bond donors (Lipinski definition) is 0. The molecule has 0 saturated carbocycles. The molecular weight excluding hydrogens is 228 g/mol. The molecule has 0 amide bonds. The highest BCUT2D eigenvalue weighted by molar-refractivity contribution is 7.99. The zero-order chi connectivity index (χ0) is 11.7. The van der Waals surface area contributed by atoms with Crippen LogP contribution in [0.15, 0.2) is 68.3 Å². The third-order valence-electron chi connectivity index (χ3n) is 2.58. The lowest BCUT2D eigenvalue weighted by Gasteiger charge is -1.99. The molecule has 3 rings (SSSR count). The molecule has 0 radical (unpaired) electrons. The van der Waals surface area contributed by atoms with E-state index in [4.69, 9.17) is 0 Å². The van der Waals surface area contributed by atoms with E-state index in [0.29, 0.717) is 0 Å². The van der Waals surface area contributed by atoms with Crippen molar-refractivity contribution < 1.29 is 0 Å². The number of hydrogen-bond acceptors (Lipinski definition) is 3. The van der Waals surface area contributed by atoms with Gasteiger partial charge < -0.3 is 0 Å². The van der Waals surface area contributed by atoms with E-state index < -0.39 is 0 Å². The van der Waals surface area contributed by atoms with Crippen LogP contribution >= 0.6 is 11.8 Å². The Morgan fingerprint density at radius 3 is 2.47 bits per heavy atom. The molecule has 0 spiro atoms. The van der Waals surface area contributed by atoms with E-state index in [2.05, 4.69) is 46.4 Å². The molecule has 1 aliphatic heterocycles. The molecule has 3 heteroatoms. The predicted molar refractivity (Wildman–Crippen MR) is 68.8 cm³/mol. The molecule has 2 aromatic rings. The van der Waals surface area contributed by atoms with Gasteiger partial charge in [-0.1, -0.05) is 30.0 Å². The van der Waals surface area contributed by atoms with E-state index in [9.17, 15) is 0 Å². The van der Waals surface area contributed by atoms with Crippen LogP contribution in [0, 0.1) is 0 Å². The van der Waals surface area contributed by atoms with Gasteiger partial charge in [-0.3, -0.25) is 9.98 Å². The Kier molecular flexibility index (Phi) is 2.69. The van der Waals surface area contributed by atoms with Crippen LogP contribution < -0.4 is 10.7 Å². The van der Waals surface area contributed by atoms with Gasteiger partial charge in [0.1, 0.15) is 6.17 Å². The van der Waals surface area contributed by atoms with E-state index >= 15 is 0 Å². The molecule has 0 N–H and O–H groups in total. The van der Waals surface area contributed by atoms with E-state index in [1.54, 1.807) is 11.8 Å². The molecule has 1 unspecified atom stereocenters. The topological polar surface area (TPSA) is 24.7 Å². The minimum atomic E-state index is 0.0713. The van der Waals surface area contributed by atoms with Crippen LogP contribution in [0.1, 0.15) is 6.92 Å². The van der Waals surface area contributed by atoms with E-state index in [1.807, 2.05) is 19.1 Å². The van der Waals surface area contributed by atoms with Crippen LogP contribution in [0.5, 0.6) is 0 Å². The zero-order valence-corrected chi connectivity index (χ0v) is 10.3. The molecule has 0 saturated heterocycles. The van der Waals surface area contributed by atoms with Crippen molar-refractivity contribution in [3.63, 3.8) is 0 Å². The van der Waals surface area contributed by atoms with Crippen LogP contribution in [-0.4, -0.2) is 6.17 Å². The Morgan fingerprint density at radius 1 is 0.882 bits per heavy atom. The van der Waals surface area contributed by atoms with Crippen LogP contribution in [0.25, 0.3) is 0 Å². The molecule has 84 valence electrons. The van der Waals surface area contributed by atoms with E-state index in [1.165, 1.54) is 9.79 Å². The van der Waals surface area contributed by atoms with Crippen LogP contribution in [-0.2, 0) is 0 Å². The van der Waals surface area contributed by atoms with E-state index in [0.717, 1.165) is 10.7 Å². The second-order valence-electron chi connectivity index (χ2n) is 3.96. The average Bonchev–Trinajstić information content (AvgIpc) is 2.70. The lowest BCUT2D eigenvalue weighted by molar-refractivity contribution is 0.787. The van der Waals surface area contributed by atoms with Crippen molar-refractivity contribution in [2.75, 3.05) is 0 Å². The van der Waals surface area contributed by atoms with Crippen LogP contribution in [0.2, 0.25) is 0 Å². The summed E-state index contributed by atoms with van der Waals surface area (Å²) in [5, 5.41) is 2.02. The molecule has 0 bridgehead atoms. The quantitative estimate of drug-likeness (QED) is 0.791. The van der Waals surface area contributed by atoms with Gasteiger partial charge in [-0.2, -0.15) is 0 Å². The number of rotatable bonds is 2. The number of nitrogens with zero attached hydrogens (tertiary/aromatic N) is 2. The summed E-state index contributed by atoms with van der Waals surface area (Å²) in [5.41, 5.74) is 0. The minimum Gasteiger partial charge on any atom is -0.257 e. The molecule has 1 aliphatic rings. The molecule has 17 heavy (non-hydrogen) atoms. The number of fused-ring (bicyclic) bond motifs is 1. The fourth-order valence-electron chi connectivity index (χ4n) is 1.84. The molecule has 1 atom stereocenters. The Morgan fingerprint density at radius 2 is 1.65 bits per heavy atom. The lowest BCUT2D eigenvalue weighted by atomic mass is 10.3. The molecule has 0 fully saturated rings. The van der Waals surface area contributed by atoms with Gasteiger partial charge in [-0.05, 0) is 37.3 Å². The third-order valence-corrected chi connectivity index (χ3v) is 3.58. The molecular formula is C14H12N2S. The average molecular weight is 240 g/mol. The molecule has 1 heterocycles. The smallest absolute Gasteiger partial charge is 0.138 e. The van der Waals surface area contributed by atoms with Crippen LogP contribution in [0.4, 0.5) is 0 Å². The first kappa shape index (κ1) is 10.5. The monoisotopic (exact) mass is 240 g/mol. The fraction of sp³-hybridized carbons (Fsp3) is 0.143. The van der Waals surface area contributed by atoms with Gasteiger partial charge >= 0.3 is 0 Å². The van der Waals surface area contributed by atoms with Gasteiger partial charge in [0.15, 0.2) is 0 Å². The molecule has 2 nitrogen and oxygen atoms in total. The SMILES string of the molecule is CC1N=c2ccc(Sc3ccccc3)cc2=N1. The van der Waals surface area contributed by atoms with Crippen molar-refractivity contribution >= 4 is 11.8 Å². The third kappa shape index (κ3) is 2.24. The Labute approximate surface area is 104 Å². The molecule has 2 aromatic carbocycles. The summed E-state index contributed by atoms with van der Waals surface area (Å²) < 4.78 is 0.